The fraction of sp³-hybridized carbons (Fsp3) is 0.364. The summed E-state index contributed by atoms with van der Waals surface area (Å²) in [6.45, 7) is 4.67. The van der Waals surface area contributed by atoms with E-state index in [1.165, 1.54) is 22.9 Å². The maximum atomic E-state index is 12.4. The van der Waals surface area contributed by atoms with E-state index in [9.17, 15) is 9.59 Å². The molecule has 0 aromatic heterocycles. The topological polar surface area (TPSA) is 61.4 Å². The lowest BCUT2D eigenvalue weighted by atomic mass is 9.99. The van der Waals surface area contributed by atoms with E-state index in [-0.39, 0.29) is 29.5 Å². The van der Waals surface area contributed by atoms with Crippen LogP contribution in [0.15, 0.2) is 53.4 Å². The zero-order valence-corrected chi connectivity index (χ0v) is 16.8. The number of benzene rings is 2. The van der Waals surface area contributed by atoms with Crippen molar-refractivity contribution in [2.24, 2.45) is 0 Å². The van der Waals surface area contributed by atoms with E-state index in [1.54, 1.807) is 0 Å². The Hall–Kier alpha value is -2.31. The van der Waals surface area contributed by atoms with Gasteiger partial charge in [-0.1, -0.05) is 36.4 Å². The first-order valence-electron chi connectivity index (χ1n) is 9.74. The molecule has 2 atom stereocenters. The second kappa shape index (κ2) is 8.37. The zero-order valence-electron chi connectivity index (χ0n) is 16.0. The molecule has 5 nitrogen and oxygen atoms in total. The Balaban J connectivity index is 1.27. The lowest BCUT2D eigenvalue weighted by Gasteiger charge is -2.34. The maximum Gasteiger partial charge on any atom is 0.238 e. The van der Waals surface area contributed by atoms with E-state index in [4.69, 9.17) is 0 Å². The smallest absolute Gasteiger partial charge is 0.238 e. The first-order chi connectivity index (χ1) is 13.6. The molecule has 2 unspecified atom stereocenters. The van der Waals surface area contributed by atoms with Gasteiger partial charge in [0.05, 0.1) is 10.9 Å². The predicted molar refractivity (Wildman–Crippen MR) is 112 cm³/mol. The number of carbonyl (C=O) groups excluding carboxylic acids is 2. The molecule has 2 amide bonds. The number of anilines is 1. The summed E-state index contributed by atoms with van der Waals surface area (Å²) in [6.07, 6.45) is 1.24. The molecular weight excluding hydrogens is 370 g/mol. The highest BCUT2D eigenvalue weighted by molar-refractivity contribution is 8.01. The summed E-state index contributed by atoms with van der Waals surface area (Å²) in [4.78, 5) is 28.1. The Morgan fingerprint density at radius 3 is 2.82 bits per heavy atom. The van der Waals surface area contributed by atoms with E-state index in [1.807, 2.05) is 24.3 Å². The molecule has 2 aromatic rings. The molecule has 0 radical (unpaired) electrons. The van der Waals surface area contributed by atoms with Gasteiger partial charge in [-0.3, -0.25) is 14.5 Å². The molecule has 4 rings (SSSR count). The minimum Gasteiger partial charge on any atom is -0.354 e. The minimum absolute atomic E-state index is 0.0729. The highest BCUT2D eigenvalue weighted by Gasteiger charge is 2.29. The number of amides is 2. The minimum atomic E-state index is -0.382. The van der Waals surface area contributed by atoms with Crippen LogP contribution < -0.4 is 10.6 Å². The van der Waals surface area contributed by atoms with Crippen LogP contribution in [0.1, 0.15) is 24.5 Å². The first-order valence-corrected chi connectivity index (χ1v) is 10.6. The summed E-state index contributed by atoms with van der Waals surface area (Å²) in [5.74, 6) is -0.171. The van der Waals surface area contributed by atoms with Crippen molar-refractivity contribution >= 4 is 29.3 Å². The SMILES string of the molecule is CC(CNC(=O)CC1Sc2ccccc2NC1=O)N1CCc2ccccc2C1. The van der Waals surface area contributed by atoms with Crippen LogP contribution in [-0.2, 0) is 22.6 Å². The molecule has 2 aromatic carbocycles. The number of nitrogens with one attached hydrogen (secondary N) is 2. The lowest BCUT2D eigenvalue weighted by Crippen LogP contribution is -2.45. The summed E-state index contributed by atoms with van der Waals surface area (Å²) >= 11 is 1.46. The van der Waals surface area contributed by atoms with Gasteiger partial charge in [-0.25, -0.2) is 0 Å². The molecule has 2 heterocycles. The van der Waals surface area contributed by atoms with Crippen LogP contribution in [0, 0.1) is 0 Å². The van der Waals surface area contributed by atoms with Crippen LogP contribution in [0.5, 0.6) is 0 Å². The Labute approximate surface area is 169 Å². The van der Waals surface area contributed by atoms with Gasteiger partial charge in [0.2, 0.25) is 11.8 Å². The number of nitrogens with zero attached hydrogens (tertiary/aromatic N) is 1. The number of carbonyl (C=O) groups is 2. The third kappa shape index (κ3) is 4.23. The second-order valence-corrected chi connectivity index (χ2v) is 8.68. The zero-order chi connectivity index (χ0) is 19.5. The third-order valence-corrected chi connectivity index (χ3v) is 6.73. The Morgan fingerprint density at radius 2 is 1.96 bits per heavy atom. The van der Waals surface area contributed by atoms with E-state index in [0.29, 0.717) is 6.54 Å². The molecule has 28 heavy (non-hydrogen) atoms. The van der Waals surface area contributed by atoms with E-state index in [0.717, 1.165) is 30.1 Å². The van der Waals surface area contributed by atoms with Crippen molar-refractivity contribution in [1.82, 2.24) is 10.2 Å². The van der Waals surface area contributed by atoms with Crippen LogP contribution in [0.4, 0.5) is 5.69 Å². The number of hydrogen-bond acceptors (Lipinski definition) is 4. The quantitative estimate of drug-likeness (QED) is 0.817. The van der Waals surface area contributed by atoms with E-state index in [2.05, 4.69) is 46.7 Å². The summed E-state index contributed by atoms with van der Waals surface area (Å²) in [7, 11) is 0. The molecule has 2 N–H and O–H groups in total. The van der Waals surface area contributed by atoms with Crippen molar-refractivity contribution in [2.75, 3.05) is 18.4 Å². The average molecular weight is 396 g/mol. The Bertz CT molecular complexity index is 886. The van der Waals surface area contributed by atoms with Crippen molar-refractivity contribution < 1.29 is 9.59 Å². The highest BCUT2D eigenvalue weighted by atomic mass is 32.2. The maximum absolute atomic E-state index is 12.4. The summed E-state index contributed by atoms with van der Waals surface area (Å²) in [5, 5.41) is 5.53. The normalized spacial score (nSPS) is 19.9. The number of rotatable bonds is 5. The molecule has 2 aliphatic heterocycles. The molecular formula is C22H25N3O2S. The van der Waals surface area contributed by atoms with Gasteiger partial charge in [0, 0.05) is 37.0 Å². The van der Waals surface area contributed by atoms with Crippen molar-refractivity contribution in [1.29, 1.82) is 0 Å². The fourth-order valence-corrected chi connectivity index (χ4v) is 4.86. The van der Waals surface area contributed by atoms with Crippen LogP contribution in [0.3, 0.4) is 0 Å². The van der Waals surface area contributed by atoms with Gasteiger partial charge in [-0.15, -0.1) is 11.8 Å². The monoisotopic (exact) mass is 395 g/mol. The molecule has 0 spiro atoms. The van der Waals surface area contributed by atoms with E-state index >= 15 is 0 Å². The number of hydrogen-bond donors (Lipinski definition) is 2. The van der Waals surface area contributed by atoms with Crippen molar-refractivity contribution in [3.8, 4) is 0 Å². The average Bonchev–Trinajstić information content (AvgIpc) is 2.72. The number of fused-ring (bicyclic) bond motifs is 2. The summed E-state index contributed by atoms with van der Waals surface area (Å²) in [6, 6.07) is 16.5. The first kappa shape index (κ1) is 19.0. The van der Waals surface area contributed by atoms with Crippen molar-refractivity contribution in [3.63, 3.8) is 0 Å². The molecule has 146 valence electrons. The highest BCUT2D eigenvalue weighted by Crippen LogP contribution is 2.36. The molecule has 6 heteroatoms. The Kier molecular flexibility index (Phi) is 5.69. The molecule has 0 bridgehead atoms. The van der Waals surface area contributed by atoms with E-state index < -0.39 is 0 Å². The fourth-order valence-electron chi connectivity index (χ4n) is 3.75. The second-order valence-electron chi connectivity index (χ2n) is 7.44. The standard InChI is InChI=1S/C22H25N3O2S/c1-15(25-11-10-16-6-2-3-7-17(16)14-25)13-23-21(26)12-20-22(27)24-18-8-4-5-9-19(18)28-20/h2-9,15,20H,10-14H2,1H3,(H,23,26)(H,24,27). The largest absolute Gasteiger partial charge is 0.354 e. The predicted octanol–water partition coefficient (Wildman–Crippen LogP) is 3.05. The lowest BCUT2D eigenvalue weighted by molar-refractivity contribution is -0.124. The molecule has 0 fully saturated rings. The van der Waals surface area contributed by atoms with Crippen LogP contribution in [0.25, 0.3) is 0 Å². The molecule has 0 aliphatic carbocycles. The number of para-hydroxylation sites is 1. The van der Waals surface area contributed by atoms with Gasteiger partial charge >= 0.3 is 0 Å². The number of thioether (sulfide) groups is 1. The van der Waals surface area contributed by atoms with Gasteiger partial charge in [-0.2, -0.15) is 0 Å². The summed E-state index contributed by atoms with van der Waals surface area (Å²) in [5.41, 5.74) is 3.63. The molecule has 0 saturated carbocycles. The van der Waals surface area contributed by atoms with Crippen LogP contribution in [-0.4, -0.2) is 41.1 Å². The van der Waals surface area contributed by atoms with Crippen LogP contribution in [0.2, 0.25) is 0 Å². The Morgan fingerprint density at radius 1 is 1.21 bits per heavy atom. The van der Waals surface area contributed by atoms with Gasteiger partial charge in [0.1, 0.15) is 0 Å². The van der Waals surface area contributed by atoms with Crippen molar-refractivity contribution in [2.45, 2.75) is 42.5 Å². The third-order valence-electron chi connectivity index (χ3n) is 5.46. The molecule has 2 aliphatic rings. The van der Waals surface area contributed by atoms with Gasteiger partial charge in [-0.05, 0) is 36.6 Å². The molecule has 0 saturated heterocycles. The van der Waals surface area contributed by atoms with Gasteiger partial charge < -0.3 is 10.6 Å². The van der Waals surface area contributed by atoms with Gasteiger partial charge in [0.15, 0.2) is 0 Å². The van der Waals surface area contributed by atoms with Gasteiger partial charge in [0.25, 0.3) is 0 Å². The van der Waals surface area contributed by atoms with Crippen molar-refractivity contribution in [3.05, 3.63) is 59.7 Å². The van der Waals surface area contributed by atoms with Crippen LogP contribution >= 0.6 is 11.8 Å². The summed E-state index contributed by atoms with van der Waals surface area (Å²) < 4.78 is 0.